The minimum Gasteiger partial charge on any atom is -0.508 e. The second-order valence-electron chi connectivity index (χ2n) is 7.30. The molecule has 2 aromatic heterocycles. The number of hydrogen-bond acceptors (Lipinski definition) is 8. The van der Waals surface area contributed by atoms with Crippen LogP contribution in [-0.2, 0) is 4.79 Å². The van der Waals surface area contributed by atoms with Crippen LogP contribution in [0.1, 0.15) is 29.1 Å². The van der Waals surface area contributed by atoms with Crippen LogP contribution in [0.2, 0.25) is 0 Å². The third kappa shape index (κ3) is 3.52. The van der Waals surface area contributed by atoms with E-state index in [1.165, 1.54) is 40.7 Å². The summed E-state index contributed by atoms with van der Waals surface area (Å²) in [5.41, 5.74) is 0.942. The number of Topliss-reactive ketones (excluding diaryl/α,β-unsaturated/α-hetero) is 1. The molecule has 0 spiro atoms. The molecule has 4 aromatic rings. The number of nitrogens with zero attached hydrogens (tertiary/aromatic N) is 2. The number of aliphatic hydroxyl groups excluding tert-OH is 1. The van der Waals surface area contributed by atoms with Gasteiger partial charge in [0.1, 0.15) is 11.5 Å². The maximum atomic E-state index is 13.2. The molecule has 0 fully saturated rings. The number of aromatic nitrogens is 1. The summed E-state index contributed by atoms with van der Waals surface area (Å²) in [5.74, 6) is -1.45. The molecule has 9 heteroatoms. The highest BCUT2D eigenvalue weighted by atomic mass is 32.1. The summed E-state index contributed by atoms with van der Waals surface area (Å²) >= 11 is 1.23. The molecule has 0 saturated heterocycles. The standard InChI is InChI=1S/C24H18N2O6S/c1-2-31-15-8-9-16-18(12-15)33-24(25-16)26-20(13-5-3-6-14(27)11-13)19(22(29)23(26)30)21(28)17-7-4-10-32-17/h3-12,20,27,29H,2H2,1H3. The second-order valence-corrected chi connectivity index (χ2v) is 8.31. The summed E-state index contributed by atoms with van der Waals surface area (Å²) in [5, 5.41) is 21.1. The molecule has 3 heterocycles. The molecule has 2 aromatic carbocycles. The first-order valence-electron chi connectivity index (χ1n) is 10.1. The fraction of sp³-hybridized carbons (Fsp3) is 0.125. The van der Waals surface area contributed by atoms with Crippen LogP contribution in [0.25, 0.3) is 10.2 Å². The quantitative estimate of drug-likeness (QED) is 0.397. The fourth-order valence-electron chi connectivity index (χ4n) is 3.84. The Hall–Kier alpha value is -4.11. The maximum Gasteiger partial charge on any atom is 0.296 e. The van der Waals surface area contributed by atoms with Crippen molar-refractivity contribution in [2.24, 2.45) is 0 Å². The summed E-state index contributed by atoms with van der Waals surface area (Å²) in [4.78, 5) is 32.3. The zero-order valence-electron chi connectivity index (χ0n) is 17.4. The largest absolute Gasteiger partial charge is 0.508 e. The van der Waals surface area contributed by atoms with Crippen molar-refractivity contribution >= 4 is 38.4 Å². The number of ether oxygens (including phenoxy) is 1. The van der Waals surface area contributed by atoms with E-state index in [1.54, 1.807) is 30.3 Å². The lowest BCUT2D eigenvalue weighted by Crippen LogP contribution is -2.30. The van der Waals surface area contributed by atoms with Crippen LogP contribution in [0.3, 0.4) is 0 Å². The summed E-state index contributed by atoms with van der Waals surface area (Å²) in [6.07, 6.45) is 1.34. The van der Waals surface area contributed by atoms with Crippen LogP contribution in [0.5, 0.6) is 11.5 Å². The molecular weight excluding hydrogens is 444 g/mol. The van der Waals surface area contributed by atoms with Crippen LogP contribution < -0.4 is 9.64 Å². The number of fused-ring (bicyclic) bond motifs is 1. The van der Waals surface area contributed by atoms with Gasteiger partial charge in [-0.25, -0.2) is 4.98 Å². The predicted molar refractivity (Wildman–Crippen MR) is 122 cm³/mol. The van der Waals surface area contributed by atoms with E-state index in [2.05, 4.69) is 4.98 Å². The number of aromatic hydroxyl groups is 1. The van der Waals surface area contributed by atoms with Gasteiger partial charge in [-0.1, -0.05) is 23.5 Å². The van der Waals surface area contributed by atoms with E-state index in [-0.39, 0.29) is 17.1 Å². The molecule has 1 aliphatic rings. The van der Waals surface area contributed by atoms with E-state index < -0.39 is 23.5 Å². The minimum atomic E-state index is -1.01. The molecule has 0 bridgehead atoms. The van der Waals surface area contributed by atoms with Crippen molar-refractivity contribution in [1.82, 2.24) is 4.98 Å². The smallest absolute Gasteiger partial charge is 0.296 e. The van der Waals surface area contributed by atoms with Crippen LogP contribution in [0, 0.1) is 0 Å². The average molecular weight is 462 g/mol. The molecule has 8 nitrogen and oxygen atoms in total. The zero-order chi connectivity index (χ0) is 23.1. The first-order valence-corrected chi connectivity index (χ1v) is 11.0. The molecule has 0 radical (unpaired) electrons. The summed E-state index contributed by atoms with van der Waals surface area (Å²) in [6, 6.07) is 13.6. The van der Waals surface area contributed by atoms with E-state index in [9.17, 15) is 19.8 Å². The Morgan fingerprint density at radius 1 is 1.18 bits per heavy atom. The zero-order valence-corrected chi connectivity index (χ0v) is 18.2. The number of phenols is 1. The van der Waals surface area contributed by atoms with Crippen molar-refractivity contribution in [3.05, 3.63) is 83.5 Å². The predicted octanol–water partition coefficient (Wildman–Crippen LogP) is 4.78. The first-order chi connectivity index (χ1) is 16.0. The third-order valence-electron chi connectivity index (χ3n) is 5.25. The van der Waals surface area contributed by atoms with Gasteiger partial charge < -0.3 is 19.4 Å². The number of ketones is 1. The highest BCUT2D eigenvalue weighted by Crippen LogP contribution is 2.45. The number of furan rings is 1. The monoisotopic (exact) mass is 462 g/mol. The normalized spacial score (nSPS) is 16.1. The van der Waals surface area contributed by atoms with Crippen LogP contribution in [0.4, 0.5) is 5.13 Å². The lowest BCUT2D eigenvalue weighted by Gasteiger charge is -2.24. The number of carbonyl (C=O) groups is 2. The van der Waals surface area contributed by atoms with E-state index in [0.29, 0.717) is 28.6 Å². The molecule has 1 aliphatic heterocycles. The highest BCUT2D eigenvalue weighted by molar-refractivity contribution is 7.22. The Morgan fingerprint density at radius 2 is 2.03 bits per heavy atom. The summed E-state index contributed by atoms with van der Waals surface area (Å²) in [6.45, 7) is 2.40. The molecule has 0 aliphatic carbocycles. The van der Waals surface area contributed by atoms with Crippen molar-refractivity contribution in [1.29, 1.82) is 0 Å². The minimum absolute atomic E-state index is 0.0120. The molecule has 33 heavy (non-hydrogen) atoms. The van der Waals surface area contributed by atoms with Crippen molar-refractivity contribution in [2.45, 2.75) is 13.0 Å². The number of hydrogen-bond donors (Lipinski definition) is 2. The van der Waals surface area contributed by atoms with Crippen molar-refractivity contribution < 1.29 is 29.0 Å². The molecule has 1 amide bonds. The van der Waals surface area contributed by atoms with Gasteiger partial charge in [0.05, 0.1) is 34.7 Å². The second kappa shape index (κ2) is 8.10. The summed E-state index contributed by atoms with van der Waals surface area (Å²) in [7, 11) is 0. The Kier molecular flexibility index (Phi) is 5.10. The van der Waals surface area contributed by atoms with Gasteiger partial charge >= 0.3 is 0 Å². The van der Waals surface area contributed by atoms with Gasteiger partial charge in [0.15, 0.2) is 16.7 Å². The number of amides is 1. The lowest BCUT2D eigenvalue weighted by molar-refractivity contribution is -0.117. The van der Waals surface area contributed by atoms with Crippen LogP contribution in [0.15, 0.2) is 76.6 Å². The van der Waals surface area contributed by atoms with Crippen LogP contribution in [-0.4, -0.2) is 33.5 Å². The Balaban J connectivity index is 1.65. The van der Waals surface area contributed by atoms with Gasteiger partial charge in [-0.15, -0.1) is 0 Å². The molecule has 0 saturated carbocycles. The molecular formula is C24H18N2O6S. The first kappa shape index (κ1) is 20.8. The van der Waals surface area contributed by atoms with Crippen LogP contribution >= 0.6 is 11.3 Å². The molecule has 2 N–H and O–H groups in total. The van der Waals surface area contributed by atoms with Crippen molar-refractivity contribution in [3.8, 4) is 11.5 Å². The molecule has 5 rings (SSSR count). The number of benzene rings is 2. The number of aliphatic hydroxyl groups is 1. The molecule has 1 unspecified atom stereocenters. The van der Waals surface area contributed by atoms with Gasteiger partial charge in [0.2, 0.25) is 5.78 Å². The third-order valence-corrected chi connectivity index (χ3v) is 6.27. The number of phenolic OH excluding ortho intramolecular Hbond substituents is 1. The SMILES string of the molecule is CCOc1ccc2nc(N3C(=O)C(O)=C(C(=O)c4ccco4)C3c3cccc(O)c3)sc2c1. The van der Waals surface area contributed by atoms with E-state index in [1.807, 2.05) is 13.0 Å². The lowest BCUT2D eigenvalue weighted by atomic mass is 9.95. The van der Waals surface area contributed by atoms with Gasteiger partial charge in [0, 0.05) is 0 Å². The Morgan fingerprint density at radius 3 is 2.76 bits per heavy atom. The highest BCUT2D eigenvalue weighted by Gasteiger charge is 2.46. The number of anilines is 1. The van der Waals surface area contributed by atoms with Gasteiger partial charge in [0.25, 0.3) is 5.91 Å². The number of carbonyl (C=O) groups excluding carboxylic acids is 2. The topological polar surface area (TPSA) is 113 Å². The number of rotatable bonds is 6. The van der Waals surface area contributed by atoms with E-state index in [4.69, 9.17) is 9.15 Å². The van der Waals surface area contributed by atoms with E-state index in [0.717, 1.165) is 4.70 Å². The Bertz CT molecular complexity index is 1410. The van der Waals surface area contributed by atoms with Gasteiger partial charge in [-0.3, -0.25) is 14.5 Å². The van der Waals surface area contributed by atoms with Gasteiger partial charge in [-0.05, 0) is 55.0 Å². The fourth-order valence-corrected chi connectivity index (χ4v) is 4.86. The summed E-state index contributed by atoms with van der Waals surface area (Å²) < 4.78 is 11.6. The van der Waals surface area contributed by atoms with E-state index >= 15 is 0 Å². The molecule has 1 atom stereocenters. The molecule has 166 valence electrons. The van der Waals surface area contributed by atoms with Gasteiger partial charge in [-0.2, -0.15) is 0 Å². The average Bonchev–Trinajstić information content (AvgIpc) is 3.52. The number of thiazole rings is 1. The maximum absolute atomic E-state index is 13.2. The van der Waals surface area contributed by atoms with Crippen molar-refractivity contribution in [2.75, 3.05) is 11.5 Å². The van der Waals surface area contributed by atoms with Crippen molar-refractivity contribution in [3.63, 3.8) is 0 Å². The Labute approximate surface area is 192 Å².